The second-order valence-electron chi connectivity index (χ2n) is 7.79. The number of hydrogen-bond donors (Lipinski definition) is 2. The van der Waals surface area contributed by atoms with Crippen molar-refractivity contribution >= 4 is 0 Å². The first kappa shape index (κ1) is 21.5. The van der Waals surface area contributed by atoms with Crippen molar-refractivity contribution in [3.05, 3.63) is 29.8 Å². The standard InChI is InChI=1S/C21H32O7/c1-4-5-6-11-24-15-9-7-14(8-10-15)13-25-18-17(16(23)12-22)26-20-19(18)27-21(2,3)28-20/h7-10,16-20,22-23H,4-6,11-13H2,1-3H3/t16-,17-,18+,19+,20+/m1/s1. The summed E-state index contributed by atoms with van der Waals surface area (Å²) in [6.07, 6.45) is -0.00224. The highest BCUT2D eigenvalue weighted by Gasteiger charge is 2.56. The summed E-state index contributed by atoms with van der Waals surface area (Å²) >= 11 is 0. The zero-order valence-electron chi connectivity index (χ0n) is 16.9. The Kier molecular flexibility index (Phi) is 7.31. The van der Waals surface area contributed by atoms with E-state index in [9.17, 15) is 10.2 Å². The minimum absolute atomic E-state index is 0.325. The van der Waals surface area contributed by atoms with Gasteiger partial charge in [-0.25, -0.2) is 0 Å². The van der Waals surface area contributed by atoms with Crippen LogP contribution in [-0.2, 0) is 25.6 Å². The van der Waals surface area contributed by atoms with Gasteiger partial charge in [0.1, 0.15) is 30.2 Å². The SMILES string of the molecule is CCCCCOc1ccc(CO[C@@H]2[C@@H]3OC(C)(C)O[C@@H]3O[C@@H]2[C@H](O)CO)cc1. The van der Waals surface area contributed by atoms with Gasteiger partial charge in [-0.2, -0.15) is 0 Å². The fraction of sp³-hybridized carbons (Fsp3) is 0.714. The zero-order valence-corrected chi connectivity index (χ0v) is 16.9. The Morgan fingerprint density at radius 1 is 1.14 bits per heavy atom. The topological polar surface area (TPSA) is 86.6 Å². The molecule has 0 aromatic heterocycles. The summed E-state index contributed by atoms with van der Waals surface area (Å²) in [5, 5.41) is 19.4. The van der Waals surface area contributed by atoms with Gasteiger partial charge in [0.25, 0.3) is 0 Å². The van der Waals surface area contributed by atoms with E-state index in [2.05, 4.69) is 6.92 Å². The summed E-state index contributed by atoms with van der Waals surface area (Å²) in [5.74, 6) is 0.0648. The van der Waals surface area contributed by atoms with E-state index in [0.717, 1.165) is 24.3 Å². The summed E-state index contributed by atoms with van der Waals surface area (Å²) in [6, 6.07) is 7.76. The lowest BCUT2D eigenvalue weighted by atomic mass is 10.1. The Labute approximate surface area is 166 Å². The molecule has 2 heterocycles. The van der Waals surface area contributed by atoms with E-state index in [0.29, 0.717) is 6.61 Å². The minimum Gasteiger partial charge on any atom is -0.494 e. The van der Waals surface area contributed by atoms with E-state index in [-0.39, 0.29) is 0 Å². The Bertz CT molecular complexity index is 603. The van der Waals surface area contributed by atoms with Gasteiger partial charge in [-0.3, -0.25) is 0 Å². The molecule has 158 valence electrons. The van der Waals surface area contributed by atoms with Crippen LogP contribution in [0, 0.1) is 0 Å². The highest BCUT2D eigenvalue weighted by atomic mass is 16.8. The minimum atomic E-state index is -1.06. The molecule has 2 saturated heterocycles. The third kappa shape index (κ3) is 5.23. The molecule has 0 saturated carbocycles. The monoisotopic (exact) mass is 396 g/mol. The van der Waals surface area contributed by atoms with E-state index in [1.807, 2.05) is 38.1 Å². The van der Waals surface area contributed by atoms with Gasteiger partial charge in [-0.05, 0) is 38.0 Å². The van der Waals surface area contributed by atoms with Gasteiger partial charge in [0, 0.05) is 0 Å². The molecule has 1 aromatic carbocycles. The molecular weight excluding hydrogens is 364 g/mol. The summed E-state index contributed by atoms with van der Waals surface area (Å²) in [7, 11) is 0. The number of unbranched alkanes of at least 4 members (excludes halogenated alkanes) is 2. The van der Waals surface area contributed by atoms with Crippen LogP contribution in [-0.4, -0.2) is 59.9 Å². The highest BCUT2D eigenvalue weighted by molar-refractivity contribution is 5.26. The van der Waals surface area contributed by atoms with Crippen molar-refractivity contribution in [2.24, 2.45) is 0 Å². The van der Waals surface area contributed by atoms with E-state index in [1.54, 1.807) is 0 Å². The van der Waals surface area contributed by atoms with Crippen molar-refractivity contribution in [2.45, 2.75) is 83.1 Å². The maximum Gasteiger partial charge on any atom is 0.190 e. The largest absolute Gasteiger partial charge is 0.494 e. The fourth-order valence-electron chi connectivity index (χ4n) is 3.52. The average molecular weight is 396 g/mol. The van der Waals surface area contributed by atoms with Crippen molar-refractivity contribution in [2.75, 3.05) is 13.2 Å². The van der Waals surface area contributed by atoms with Crippen LogP contribution in [0.4, 0.5) is 0 Å². The van der Waals surface area contributed by atoms with Gasteiger partial charge < -0.3 is 33.9 Å². The molecule has 0 aliphatic carbocycles. The summed E-state index contributed by atoms with van der Waals surface area (Å²) < 4.78 is 29.1. The lowest BCUT2D eigenvalue weighted by Crippen LogP contribution is -2.44. The Morgan fingerprint density at radius 3 is 2.57 bits per heavy atom. The molecule has 3 rings (SSSR count). The van der Waals surface area contributed by atoms with Crippen molar-refractivity contribution in [3.8, 4) is 5.75 Å². The molecule has 2 aliphatic heterocycles. The number of aliphatic hydroxyl groups excluding tert-OH is 2. The molecule has 2 fully saturated rings. The Balaban J connectivity index is 1.56. The quantitative estimate of drug-likeness (QED) is 0.587. The molecule has 0 amide bonds. The lowest BCUT2D eigenvalue weighted by molar-refractivity contribution is -0.232. The molecule has 0 bridgehead atoms. The van der Waals surface area contributed by atoms with Gasteiger partial charge in [-0.15, -0.1) is 0 Å². The van der Waals surface area contributed by atoms with Gasteiger partial charge in [-0.1, -0.05) is 31.9 Å². The fourth-order valence-corrected chi connectivity index (χ4v) is 3.52. The van der Waals surface area contributed by atoms with Crippen LogP contribution < -0.4 is 4.74 Å². The first-order valence-electron chi connectivity index (χ1n) is 10.1. The van der Waals surface area contributed by atoms with Crippen molar-refractivity contribution in [1.29, 1.82) is 0 Å². The number of benzene rings is 1. The van der Waals surface area contributed by atoms with E-state index in [1.165, 1.54) is 12.8 Å². The Hall–Kier alpha value is -1.22. The van der Waals surface area contributed by atoms with Crippen LogP contribution in [0.25, 0.3) is 0 Å². The van der Waals surface area contributed by atoms with Crippen molar-refractivity contribution < 1.29 is 33.9 Å². The average Bonchev–Trinajstić information content (AvgIpc) is 3.15. The van der Waals surface area contributed by atoms with Gasteiger partial charge in [0.2, 0.25) is 0 Å². The third-order valence-corrected chi connectivity index (χ3v) is 4.98. The van der Waals surface area contributed by atoms with Crippen LogP contribution >= 0.6 is 0 Å². The maximum absolute atomic E-state index is 10.1. The third-order valence-electron chi connectivity index (χ3n) is 4.98. The van der Waals surface area contributed by atoms with Crippen molar-refractivity contribution in [3.63, 3.8) is 0 Å². The number of aliphatic hydroxyl groups is 2. The van der Waals surface area contributed by atoms with Crippen molar-refractivity contribution in [1.82, 2.24) is 0 Å². The van der Waals surface area contributed by atoms with Crippen LogP contribution in [0.5, 0.6) is 5.75 Å². The number of ether oxygens (including phenoxy) is 5. The summed E-state index contributed by atoms with van der Waals surface area (Å²) in [5.41, 5.74) is 0.972. The normalized spacial score (nSPS) is 29.6. The maximum atomic E-state index is 10.1. The summed E-state index contributed by atoms with van der Waals surface area (Å²) in [4.78, 5) is 0. The molecule has 0 unspecified atom stereocenters. The zero-order chi connectivity index (χ0) is 20.1. The van der Waals surface area contributed by atoms with E-state index in [4.69, 9.17) is 23.7 Å². The van der Waals surface area contributed by atoms with E-state index < -0.39 is 43.1 Å². The van der Waals surface area contributed by atoms with Gasteiger partial charge in [0.15, 0.2) is 12.1 Å². The first-order chi connectivity index (χ1) is 13.4. The summed E-state index contributed by atoms with van der Waals surface area (Å²) in [6.45, 7) is 6.41. The molecule has 0 spiro atoms. The highest BCUT2D eigenvalue weighted by Crippen LogP contribution is 2.39. The Morgan fingerprint density at radius 2 is 1.89 bits per heavy atom. The molecular formula is C21H32O7. The molecule has 7 heteroatoms. The van der Waals surface area contributed by atoms with Gasteiger partial charge >= 0.3 is 0 Å². The van der Waals surface area contributed by atoms with Crippen LogP contribution in [0.15, 0.2) is 24.3 Å². The molecule has 7 nitrogen and oxygen atoms in total. The second kappa shape index (κ2) is 9.52. The molecule has 2 aliphatic rings. The van der Waals surface area contributed by atoms with Crippen LogP contribution in [0.1, 0.15) is 45.6 Å². The molecule has 28 heavy (non-hydrogen) atoms. The predicted octanol–water partition coefficient (Wildman–Crippen LogP) is 2.37. The molecule has 5 atom stereocenters. The smallest absolute Gasteiger partial charge is 0.190 e. The predicted molar refractivity (Wildman–Crippen MR) is 102 cm³/mol. The molecule has 0 radical (unpaired) electrons. The first-order valence-corrected chi connectivity index (χ1v) is 10.1. The van der Waals surface area contributed by atoms with Crippen LogP contribution in [0.2, 0.25) is 0 Å². The van der Waals surface area contributed by atoms with E-state index >= 15 is 0 Å². The van der Waals surface area contributed by atoms with Gasteiger partial charge in [0.05, 0.1) is 19.8 Å². The molecule has 1 aromatic rings. The number of fused-ring (bicyclic) bond motifs is 1. The number of hydrogen-bond acceptors (Lipinski definition) is 7. The second-order valence-corrected chi connectivity index (χ2v) is 7.79. The number of rotatable bonds is 10. The molecule has 2 N–H and O–H groups in total. The lowest BCUT2D eigenvalue weighted by Gasteiger charge is -2.28. The van der Waals surface area contributed by atoms with Crippen LogP contribution in [0.3, 0.4) is 0 Å².